The third kappa shape index (κ3) is 2.23. The number of hydrogen-bond donors (Lipinski definition) is 1. The number of aromatic nitrogens is 3. The molecule has 0 spiro atoms. The molecule has 1 aliphatic carbocycles. The molecule has 1 fully saturated rings. The Balaban J connectivity index is 1.78. The van der Waals surface area contributed by atoms with Gasteiger partial charge in [-0.3, -0.25) is 0 Å². The van der Waals surface area contributed by atoms with E-state index in [4.69, 9.17) is 5.73 Å². The van der Waals surface area contributed by atoms with Crippen LogP contribution < -0.4 is 5.73 Å². The van der Waals surface area contributed by atoms with Gasteiger partial charge in [-0.25, -0.2) is 0 Å². The number of nitrogens with two attached hydrogens (primary N) is 1. The summed E-state index contributed by atoms with van der Waals surface area (Å²) in [7, 11) is 0. The second-order valence-electron chi connectivity index (χ2n) is 5.74. The van der Waals surface area contributed by atoms with Crippen molar-refractivity contribution < 1.29 is 0 Å². The van der Waals surface area contributed by atoms with E-state index in [0.29, 0.717) is 0 Å². The first-order valence-electron chi connectivity index (χ1n) is 6.97. The van der Waals surface area contributed by atoms with Crippen molar-refractivity contribution in [3.05, 3.63) is 11.6 Å². The van der Waals surface area contributed by atoms with Crippen LogP contribution in [-0.4, -0.2) is 20.3 Å². The summed E-state index contributed by atoms with van der Waals surface area (Å²) >= 11 is 0. The van der Waals surface area contributed by atoms with Crippen LogP contribution in [0.25, 0.3) is 0 Å². The van der Waals surface area contributed by atoms with Crippen molar-refractivity contribution in [1.29, 1.82) is 0 Å². The summed E-state index contributed by atoms with van der Waals surface area (Å²) in [5.74, 6) is 2.30. The van der Waals surface area contributed by atoms with Crippen LogP contribution in [0.15, 0.2) is 0 Å². The summed E-state index contributed by atoms with van der Waals surface area (Å²) in [5.41, 5.74) is 6.49. The molecule has 17 heavy (non-hydrogen) atoms. The number of fused-ring (bicyclic) bond motifs is 1. The van der Waals surface area contributed by atoms with Crippen molar-refractivity contribution in [2.24, 2.45) is 5.73 Å². The topological polar surface area (TPSA) is 56.7 Å². The van der Waals surface area contributed by atoms with E-state index in [1.807, 2.05) is 0 Å². The van der Waals surface area contributed by atoms with Crippen molar-refractivity contribution in [3.8, 4) is 0 Å². The Kier molecular flexibility index (Phi) is 2.90. The van der Waals surface area contributed by atoms with E-state index in [1.165, 1.54) is 37.9 Å². The van der Waals surface area contributed by atoms with E-state index in [-0.39, 0.29) is 5.54 Å². The molecule has 94 valence electrons. The quantitative estimate of drug-likeness (QED) is 0.849. The van der Waals surface area contributed by atoms with Crippen molar-refractivity contribution in [1.82, 2.24) is 14.8 Å². The van der Waals surface area contributed by atoms with E-state index in [2.05, 4.69) is 14.8 Å². The molecule has 0 unspecified atom stereocenters. The second-order valence-corrected chi connectivity index (χ2v) is 5.74. The Morgan fingerprint density at radius 2 is 1.88 bits per heavy atom. The molecule has 1 aromatic heterocycles. The third-order valence-electron chi connectivity index (χ3n) is 4.30. The van der Waals surface area contributed by atoms with E-state index >= 15 is 0 Å². The molecule has 1 aromatic rings. The minimum Gasteiger partial charge on any atom is -0.325 e. The van der Waals surface area contributed by atoms with Crippen molar-refractivity contribution in [2.45, 2.75) is 69.9 Å². The lowest BCUT2D eigenvalue weighted by Gasteiger charge is -2.33. The number of rotatable bonds is 2. The van der Waals surface area contributed by atoms with Crippen LogP contribution >= 0.6 is 0 Å². The van der Waals surface area contributed by atoms with Gasteiger partial charge < -0.3 is 10.3 Å². The van der Waals surface area contributed by atoms with Crippen LogP contribution in [0.4, 0.5) is 0 Å². The van der Waals surface area contributed by atoms with Gasteiger partial charge in [0.05, 0.1) is 0 Å². The van der Waals surface area contributed by atoms with Crippen LogP contribution in [0.1, 0.15) is 56.6 Å². The first-order valence-corrected chi connectivity index (χ1v) is 6.97. The molecule has 1 aliphatic heterocycles. The predicted octanol–water partition coefficient (Wildman–Crippen LogP) is 1.82. The monoisotopic (exact) mass is 234 g/mol. The summed E-state index contributed by atoms with van der Waals surface area (Å²) in [6.45, 7) is 1.09. The zero-order chi connectivity index (χ0) is 11.7. The van der Waals surface area contributed by atoms with Gasteiger partial charge in [0.2, 0.25) is 0 Å². The van der Waals surface area contributed by atoms with Gasteiger partial charge in [0.1, 0.15) is 11.6 Å². The number of hydrogen-bond acceptors (Lipinski definition) is 3. The summed E-state index contributed by atoms with van der Waals surface area (Å²) in [6, 6.07) is 0. The van der Waals surface area contributed by atoms with Gasteiger partial charge in [-0.2, -0.15) is 0 Å². The lowest BCUT2D eigenvalue weighted by Crippen LogP contribution is -2.44. The normalized spacial score (nSPS) is 23.4. The summed E-state index contributed by atoms with van der Waals surface area (Å²) in [6.07, 6.45) is 10.7. The Morgan fingerprint density at radius 1 is 1.06 bits per heavy atom. The molecule has 2 heterocycles. The zero-order valence-corrected chi connectivity index (χ0v) is 10.5. The molecule has 2 aliphatic rings. The van der Waals surface area contributed by atoms with Gasteiger partial charge in [-0.15, -0.1) is 10.2 Å². The number of aryl methyl sites for hydroxylation is 1. The molecule has 4 heteroatoms. The maximum Gasteiger partial charge on any atom is 0.134 e. The minimum atomic E-state index is -0.0144. The Hall–Kier alpha value is -0.900. The fourth-order valence-electron chi connectivity index (χ4n) is 3.25. The molecule has 3 rings (SSSR count). The van der Waals surface area contributed by atoms with E-state index in [1.54, 1.807) is 0 Å². The lowest BCUT2D eigenvalue weighted by atomic mass is 9.80. The van der Waals surface area contributed by atoms with Crippen LogP contribution in [0, 0.1) is 0 Å². The zero-order valence-electron chi connectivity index (χ0n) is 10.5. The van der Waals surface area contributed by atoms with Crippen LogP contribution in [0.5, 0.6) is 0 Å². The molecule has 1 saturated carbocycles. The Morgan fingerprint density at radius 3 is 2.71 bits per heavy atom. The van der Waals surface area contributed by atoms with Gasteiger partial charge in [0, 0.05) is 24.9 Å². The highest BCUT2D eigenvalue weighted by Gasteiger charge is 2.30. The van der Waals surface area contributed by atoms with Gasteiger partial charge in [0.15, 0.2) is 0 Å². The van der Waals surface area contributed by atoms with Gasteiger partial charge in [-0.1, -0.05) is 19.3 Å². The molecule has 0 bridgehead atoms. The van der Waals surface area contributed by atoms with Crippen molar-refractivity contribution in [2.75, 3.05) is 0 Å². The molecular weight excluding hydrogens is 212 g/mol. The molecule has 0 aromatic carbocycles. The maximum atomic E-state index is 6.50. The van der Waals surface area contributed by atoms with Crippen LogP contribution in [0.3, 0.4) is 0 Å². The predicted molar refractivity (Wildman–Crippen MR) is 66.7 cm³/mol. The number of nitrogens with zero attached hydrogens (tertiary/aromatic N) is 3. The fraction of sp³-hybridized carbons (Fsp3) is 0.846. The molecule has 0 atom stereocenters. The smallest absolute Gasteiger partial charge is 0.134 e. The Labute approximate surface area is 103 Å². The first-order chi connectivity index (χ1) is 8.27. The van der Waals surface area contributed by atoms with Crippen molar-refractivity contribution >= 4 is 0 Å². The van der Waals surface area contributed by atoms with Gasteiger partial charge >= 0.3 is 0 Å². The molecular formula is C13H22N4. The molecule has 2 N–H and O–H groups in total. The summed E-state index contributed by atoms with van der Waals surface area (Å²) in [4.78, 5) is 0. The second kappa shape index (κ2) is 4.41. The maximum absolute atomic E-state index is 6.50. The highest BCUT2D eigenvalue weighted by Crippen LogP contribution is 2.29. The first kappa shape index (κ1) is 11.2. The standard InChI is InChI=1S/C13H22N4/c14-13(7-3-1-4-8-13)10-12-16-15-11-6-2-5-9-17(11)12/h1-10,14H2. The average molecular weight is 234 g/mol. The van der Waals surface area contributed by atoms with Gasteiger partial charge in [0.25, 0.3) is 0 Å². The third-order valence-corrected chi connectivity index (χ3v) is 4.30. The SMILES string of the molecule is NC1(Cc2nnc3n2CCCC3)CCCCC1. The summed E-state index contributed by atoms with van der Waals surface area (Å²) in [5, 5.41) is 8.68. The lowest BCUT2D eigenvalue weighted by molar-refractivity contribution is 0.285. The molecule has 0 amide bonds. The molecule has 0 saturated heterocycles. The largest absolute Gasteiger partial charge is 0.325 e. The highest BCUT2D eigenvalue weighted by atomic mass is 15.3. The highest BCUT2D eigenvalue weighted by molar-refractivity contribution is 5.04. The van der Waals surface area contributed by atoms with E-state index in [9.17, 15) is 0 Å². The average Bonchev–Trinajstić information content (AvgIpc) is 2.73. The van der Waals surface area contributed by atoms with Crippen LogP contribution in [-0.2, 0) is 19.4 Å². The Bertz CT molecular complexity index is 390. The minimum absolute atomic E-state index is 0.0144. The van der Waals surface area contributed by atoms with E-state index < -0.39 is 0 Å². The molecule has 4 nitrogen and oxygen atoms in total. The van der Waals surface area contributed by atoms with E-state index in [0.717, 1.165) is 38.1 Å². The van der Waals surface area contributed by atoms with Crippen LogP contribution in [0.2, 0.25) is 0 Å². The van der Waals surface area contributed by atoms with Crippen molar-refractivity contribution in [3.63, 3.8) is 0 Å². The fourth-order valence-corrected chi connectivity index (χ4v) is 3.25. The summed E-state index contributed by atoms with van der Waals surface area (Å²) < 4.78 is 2.31. The van der Waals surface area contributed by atoms with Gasteiger partial charge in [-0.05, 0) is 25.7 Å². The molecule has 0 radical (unpaired) electrons.